The van der Waals surface area contributed by atoms with Gasteiger partial charge in [0.05, 0.1) is 10.6 Å². The van der Waals surface area contributed by atoms with Gasteiger partial charge in [-0.25, -0.2) is 8.42 Å². The highest BCUT2D eigenvalue weighted by molar-refractivity contribution is 7.92. The van der Waals surface area contributed by atoms with Crippen molar-refractivity contribution in [2.24, 2.45) is 0 Å². The maximum absolute atomic E-state index is 13.7. The molecule has 9 heteroatoms. The zero-order valence-electron chi connectivity index (χ0n) is 19.8. The fourth-order valence-electron chi connectivity index (χ4n) is 3.62. The first-order valence-corrected chi connectivity index (χ1v) is 12.9. The molecule has 0 saturated heterocycles. The molecule has 0 unspecified atom stereocenters. The Hall–Kier alpha value is -3.36. The molecule has 35 heavy (non-hydrogen) atoms. The van der Waals surface area contributed by atoms with Crippen LogP contribution in [-0.2, 0) is 26.2 Å². The summed E-state index contributed by atoms with van der Waals surface area (Å²) in [6, 6.07) is 20.9. The molecule has 3 aromatic carbocycles. The van der Waals surface area contributed by atoms with Crippen molar-refractivity contribution in [3.8, 4) is 0 Å². The number of rotatable bonds is 9. The van der Waals surface area contributed by atoms with Crippen LogP contribution in [0.25, 0.3) is 0 Å². The fourth-order valence-corrected chi connectivity index (χ4v) is 5.16. The van der Waals surface area contributed by atoms with Crippen molar-refractivity contribution < 1.29 is 18.0 Å². The van der Waals surface area contributed by atoms with Crippen LogP contribution in [0, 0.1) is 6.92 Å². The Kier molecular flexibility index (Phi) is 8.53. The maximum atomic E-state index is 13.7. The summed E-state index contributed by atoms with van der Waals surface area (Å²) >= 11 is 5.95. The van der Waals surface area contributed by atoms with Gasteiger partial charge in [-0.2, -0.15) is 0 Å². The van der Waals surface area contributed by atoms with Gasteiger partial charge in [0.25, 0.3) is 10.0 Å². The molecule has 3 aromatic rings. The van der Waals surface area contributed by atoms with Gasteiger partial charge in [-0.1, -0.05) is 54.1 Å². The lowest BCUT2D eigenvalue weighted by atomic mass is 10.1. The lowest BCUT2D eigenvalue weighted by molar-refractivity contribution is -0.139. The number of anilines is 1. The Morgan fingerprint density at radius 3 is 2.14 bits per heavy atom. The quantitative estimate of drug-likeness (QED) is 0.468. The number of amides is 2. The second kappa shape index (κ2) is 11.4. The lowest BCUT2D eigenvalue weighted by Crippen LogP contribution is -2.50. The third-order valence-electron chi connectivity index (χ3n) is 5.74. The van der Waals surface area contributed by atoms with Gasteiger partial charge < -0.3 is 10.2 Å². The summed E-state index contributed by atoms with van der Waals surface area (Å²) in [5, 5.41) is 2.97. The summed E-state index contributed by atoms with van der Waals surface area (Å²) in [4.78, 5) is 27.5. The molecule has 0 aromatic heterocycles. The van der Waals surface area contributed by atoms with E-state index in [2.05, 4.69) is 5.32 Å². The number of carbonyl (C=O) groups is 2. The van der Waals surface area contributed by atoms with Gasteiger partial charge in [0.2, 0.25) is 11.8 Å². The highest BCUT2D eigenvalue weighted by Gasteiger charge is 2.32. The molecule has 0 spiro atoms. The van der Waals surface area contributed by atoms with E-state index in [9.17, 15) is 18.0 Å². The van der Waals surface area contributed by atoms with Gasteiger partial charge in [-0.3, -0.25) is 13.9 Å². The predicted molar refractivity (Wildman–Crippen MR) is 138 cm³/mol. The zero-order valence-corrected chi connectivity index (χ0v) is 21.4. The molecule has 184 valence electrons. The van der Waals surface area contributed by atoms with Crippen LogP contribution in [0.5, 0.6) is 0 Å². The molecule has 0 radical (unpaired) electrons. The second-order valence-corrected chi connectivity index (χ2v) is 10.3. The van der Waals surface area contributed by atoms with E-state index in [1.54, 1.807) is 37.3 Å². The first-order valence-electron chi connectivity index (χ1n) is 11.0. The van der Waals surface area contributed by atoms with Crippen molar-refractivity contribution in [1.82, 2.24) is 10.2 Å². The highest BCUT2D eigenvalue weighted by Crippen LogP contribution is 2.25. The standard InChI is InChI=1S/C26H28ClN3O4S/c1-19-9-7-8-10-21(19)17-29(20(2)26(32)28-3)25(31)18-30(23-11-5-4-6-12-23)35(33,34)24-15-13-22(27)14-16-24/h4-16,20H,17-18H2,1-3H3,(H,28,32)/t20-/m0/s1. The third kappa shape index (κ3) is 6.21. The average Bonchev–Trinajstić information content (AvgIpc) is 2.86. The minimum absolute atomic E-state index is 0.00311. The average molecular weight is 514 g/mol. The topological polar surface area (TPSA) is 86.8 Å². The van der Waals surface area contributed by atoms with Crippen molar-refractivity contribution in [3.05, 3.63) is 95.0 Å². The number of sulfonamides is 1. The van der Waals surface area contributed by atoms with E-state index in [0.717, 1.165) is 15.4 Å². The minimum Gasteiger partial charge on any atom is -0.357 e. The van der Waals surface area contributed by atoms with Crippen LogP contribution < -0.4 is 9.62 Å². The van der Waals surface area contributed by atoms with Gasteiger partial charge in [-0.15, -0.1) is 0 Å². The number of aryl methyl sites for hydroxylation is 1. The summed E-state index contributed by atoms with van der Waals surface area (Å²) < 4.78 is 28.3. The van der Waals surface area contributed by atoms with Crippen LogP contribution in [-0.4, -0.2) is 44.8 Å². The van der Waals surface area contributed by atoms with Crippen molar-refractivity contribution in [1.29, 1.82) is 0 Å². The lowest BCUT2D eigenvalue weighted by Gasteiger charge is -2.32. The molecule has 0 fully saturated rings. The van der Waals surface area contributed by atoms with Gasteiger partial charge in [0.15, 0.2) is 0 Å². The molecule has 0 heterocycles. The number of hydrogen-bond donors (Lipinski definition) is 1. The molecule has 0 aliphatic rings. The Labute approximate surface area is 211 Å². The second-order valence-electron chi connectivity index (χ2n) is 8.04. The summed E-state index contributed by atoms with van der Waals surface area (Å²) in [5.41, 5.74) is 2.16. The molecule has 0 bridgehead atoms. The summed E-state index contributed by atoms with van der Waals surface area (Å²) in [6.07, 6.45) is 0. The van der Waals surface area contributed by atoms with Crippen LogP contribution in [0.4, 0.5) is 5.69 Å². The first kappa shape index (κ1) is 26.2. The molecule has 7 nitrogen and oxygen atoms in total. The first-order chi connectivity index (χ1) is 16.6. The van der Waals surface area contributed by atoms with E-state index in [-0.39, 0.29) is 17.3 Å². The van der Waals surface area contributed by atoms with Gasteiger partial charge in [0.1, 0.15) is 12.6 Å². The summed E-state index contributed by atoms with van der Waals surface area (Å²) in [6.45, 7) is 3.21. The Morgan fingerprint density at radius 1 is 0.943 bits per heavy atom. The molecule has 0 aliphatic carbocycles. The Balaban J connectivity index is 2.01. The van der Waals surface area contributed by atoms with Gasteiger partial charge in [0, 0.05) is 18.6 Å². The number of likely N-dealkylation sites (N-methyl/N-ethyl adjacent to an activating group) is 1. The number of halogens is 1. The van der Waals surface area contributed by atoms with Crippen LogP contribution >= 0.6 is 11.6 Å². The maximum Gasteiger partial charge on any atom is 0.264 e. The van der Waals surface area contributed by atoms with Gasteiger partial charge in [-0.05, 0) is 61.4 Å². The van der Waals surface area contributed by atoms with E-state index in [1.165, 1.54) is 36.2 Å². The smallest absolute Gasteiger partial charge is 0.264 e. The molecule has 2 amide bonds. The molecule has 0 aliphatic heterocycles. The monoisotopic (exact) mass is 513 g/mol. The molecule has 1 N–H and O–H groups in total. The number of hydrogen-bond acceptors (Lipinski definition) is 4. The normalized spacial score (nSPS) is 12.0. The Morgan fingerprint density at radius 2 is 1.54 bits per heavy atom. The minimum atomic E-state index is -4.11. The fraction of sp³-hybridized carbons (Fsp3) is 0.231. The largest absolute Gasteiger partial charge is 0.357 e. The highest BCUT2D eigenvalue weighted by atomic mass is 35.5. The van der Waals surface area contributed by atoms with E-state index in [1.807, 2.05) is 31.2 Å². The van der Waals surface area contributed by atoms with E-state index in [0.29, 0.717) is 10.7 Å². The summed E-state index contributed by atoms with van der Waals surface area (Å²) in [7, 11) is -2.61. The van der Waals surface area contributed by atoms with Gasteiger partial charge >= 0.3 is 0 Å². The van der Waals surface area contributed by atoms with Crippen molar-refractivity contribution >= 4 is 39.1 Å². The van der Waals surface area contributed by atoms with E-state index >= 15 is 0 Å². The summed E-state index contributed by atoms with van der Waals surface area (Å²) in [5.74, 6) is -0.857. The van der Waals surface area contributed by atoms with Crippen LogP contribution in [0.15, 0.2) is 83.8 Å². The molecular weight excluding hydrogens is 486 g/mol. The number of nitrogens with one attached hydrogen (secondary N) is 1. The number of nitrogens with zero attached hydrogens (tertiary/aromatic N) is 2. The Bertz CT molecular complexity index is 1280. The third-order valence-corrected chi connectivity index (χ3v) is 7.78. The van der Waals surface area contributed by atoms with Crippen LogP contribution in [0.3, 0.4) is 0 Å². The van der Waals surface area contributed by atoms with Crippen LogP contribution in [0.1, 0.15) is 18.1 Å². The van der Waals surface area contributed by atoms with E-state index < -0.39 is 28.5 Å². The SMILES string of the molecule is CNC(=O)[C@H](C)N(Cc1ccccc1C)C(=O)CN(c1ccccc1)S(=O)(=O)c1ccc(Cl)cc1. The number of carbonyl (C=O) groups excluding carboxylic acids is 2. The number of benzene rings is 3. The van der Waals surface area contributed by atoms with Crippen molar-refractivity contribution in [2.75, 3.05) is 17.9 Å². The number of para-hydroxylation sites is 1. The molecular formula is C26H28ClN3O4S. The molecule has 3 rings (SSSR count). The zero-order chi connectivity index (χ0) is 25.6. The predicted octanol–water partition coefficient (Wildman–Crippen LogP) is 4.01. The van der Waals surface area contributed by atoms with E-state index in [4.69, 9.17) is 11.6 Å². The van der Waals surface area contributed by atoms with Crippen LogP contribution in [0.2, 0.25) is 5.02 Å². The molecule has 0 saturated carbocycles. The van der Waals surface area contributed by atoms with Crippen molar-refractivity contribution in [2.45, 2.75) is 31.3 Å². The molecule has 1 atom stereocenters. The van der Waals surface area contributed by atoms with Crippen molar-refractivity contribution in [3.63, 3.8) is 0 Å².